The van der Waals surface area contributed by atoms with Gasteiger partial charge in [-0.1, -0.05) is 22.0 Å². The van der Waals surface area contributed by atoms with E-state index >= 15 is 0 Å². The number of phenolic OH excluding ortho intramolecular Hbond substituents is 2. The van der Waals surface area contributed by atoms with Crippen molar-refractivity contribution in [3.8, 4) is 11.5 Å². The van der Waals surface area contributed by atoms with Crippen LogP contribution in [0.5, 0.6) is 11.5 Å². The number of rotatable bonds is 3. The number of nitrogens with zero attached hydrogens (tertiary/aromatic N) is 1. The molecule has 3 N–H and O–H groups in total. The summed E-state index contributed by atoms with van der Waals surface area (Å²) in [4.78, 5) is 11.9. The summed E-state index contributed by atoms with van der Waals surface area (Å²) in [7, 11) is 0. The Bertz CT molecular complexity index is 763. The van der Waals surface area contributed by atoms with Crippen LogP contribution in [0.4, 0.5) is 0 Å². The molecule has 0 bridgehead atoms. The second-order valence-electron chi connectivity index (χ2n) is 4.17. The van der Waals surface area contributed by atoms with Gasteiger partial charge < -0.3 is 10.2 Å². The van der Waals surface area contributed by atoms with E-state index in [2.05, 4.69) is 58.3 Å². The van der Waals surface area contributed by atoms with Gasteiger partial charge in [-0.05, 0) is 56.1 Å². The highest BCUT2D eigenvalue weighted by molar-refractivity contribution is 9.11. The molecule has 0 unspecified atom stereocenters. The van der Waals surface area contributed by atoms with E-state index in [1.165, 1.54) is 12.3 Å². The van der Waals surface area contributed by atoms with Crippen molar-refractivity contribution < 1.29 is 15.0 Å². The molecule has 0 aliphatic heterocycles. The largest absolute Gasteiger partial charge is 0.506 e. The topological polar surface area (TPSA) is 81.9 Å². The Morgan fingerprint density at radius 1 is 1.14 bits per heavy atom. The molecule has 0 atom stereocenters. The summed E-state index contributed by atoms with van der Waals surface area (Å²) in [6, 6.07) is 8.34. The van der Waals surface area contributed by atoms with E-state index in [-0.39, 0.29) is 21.9 Å². The molecule has 0 spiro atoms. The summed E-state index contributed by atoms with van der Waals surface area (Å²) >= 11 is 9.50. The van der Waals surface area contributed by atoms with Crippen LogP contribution in [0, 0.1) is 0 Å². The van der Waals surface area contributed by atoms with Gasteiger partial charge in [0.25, 0.3) is 5.91 Å². The number of carbonyl (C=O) groups excluding carboxylic acids is 1. The van der Waals surface area contributed by atoms with Gasteiger partial charge >= 0.3 is 0 Å². The molecule has 8 heteroatoms. The zero-order valence-electron chi connectivity index (χ0n) is 10.8. The standard InChI is InChI=1S/C14H9Br3N2O3/c15-9-3-1-2-7(4-9)14(22)19-18-6-8-5-10(16)13(21)11(17)12(8)20/h1-6,20-21H,(H,19,22)/b18-6-. The molecule has 2 aromatic rings. The number of hydrogen-bond donors (Lipinski definition) is 3. The van der Waals surface area contributed by atoms with Gasteiger partial charge in [-0.3, -0.25) is 4.79 Å². The molecule has 0 radical (unpaired) electrons. The molecule has 22 heavy (non-hydrogen) atoms. The number of hydrazone groups is 1. The van der Waals surface area contributed by atoms with E-state index in [1.54, 1.807) is 18.2 Å². The Morgan fingerprint density at radius 2 is 1.86 bits per heavy atom. The number of halogens is 3. The number of hydrogen-bond acceptors (Lipinski definition) is 4. The van der Waals surface area contributed by atoms with E-state index in [4.69, 9.17) is 0 Å². The fourth-order valence-corrected chi connectivity index (χ4v) is 3.12. The van der Waals surface area contributed by atoms with Crippen molar-refractivity contribution >= 4 is 59.9 Å². The zero-order valence-corrected chi connectivity index (χ0v) is 15.6. The Hall–Kier alpha value is -1.38. The minimum absolute atomic E-state index is 0.118. The van der Waals surface area contributed by atoms with Gasteiger partial charge in [0.1, 0.15) is 16.0 Å². The Kier molecular flexibility index (Phi) is 5.60. The third-order valence-corrected chi connectivity index (χ3v) is 4.50. The van der Waals surface area contributed by atoms with Crippen molar-refractivity contribution in [1.29, 1.82) is 0 Å². The highest BCUT2D eigenvalue weighted by Crippen LogP contribution is 2.40. The first-order chi connectivity index (χ1) is 10.4. The molecule has 0 aromatic heterocycles. The van der Waals surface area contributed by atoms with Gasteiger partial charge in [0, 0.05) is 15.6 Å². The first-order valence-corrected chi connectivity index (χ1v) is 8.27. The number of nitrogens with one attached hydrogen (secondary N) is 1. The maximum atomic E-state index is 11.9. The van der Waals surface area contributed by atoms with E-state index in [9.17, 15) is 15.0 Å². The van der Waals surface area contributed by atoms with Gasteiger partial charge in [-0.2, -0.15) is 5.10 Å². The van der Waals surface area contributed by atoms with E-state index in [0.29, 0.717) is 15.6 Å². The van der Waals surface area contributed by atoms with Crippen molar-refractivity contribution in [2.24, 2.45) is 5.10 Å². The fraction of sp³-hybridized carbons (Fsp3) is 0. The molecule has 0 fully saturated rings. The highest BCUT2D eigenvalue weighted by Gasteiger charge is 2.13. The number of aromatic hydroxyl groups is 2. The maximum absolute atomic E-state index is 11.9. The van der Waals surface area contributed by atoms with Crippen LogP contribution in [0.2, 0.25) is 0 Å². The van der Waals surface area contributed by atoms with Gasteiger partial charge in [-0.25, -0.2) is 5.43 Å². The minimum atomic E-state index is -0.381. The van der Waals surface area contributed by atoms with Crippen molar-refractivity contribution in [3.63, 3.8) is 0 Å². The molecule has 0 aliphatic carbocycles. The molecular weight excluding hydrogens is 484 g/mol. The van der Waals surface area contributed by atoms with Crippen LogP contribution in [-0.4, -0.2) is 22.3 Å². The molecule has 0 aliphatic rings. The van der Waals surface area contributed by atoms with E-state index in [0.717, 1.165) is 4.47 Å². The van der Waals surface area contributed by atoms with Crippen LogP contribution in [0.15, 0.2) is 48.9 Å². The molecular formula is C14H9Br3N2O3. The summed E-state index contributed by atoms with van der Waals surface area (Å²) in [6.45, 7) is 0. The maximum Gasteiger partial charge on any atom is 0.271 e. The van der Waals surface area contributed by atoms with Gasteiger partial charge in [0.05, 0.1) is 10.7 Å². The van der Waals surface area contributed by atoms with Crippen molar-refractivity contribution in [1.82, 2.24) is 5.43 Å². The van der Waals surface area contributed by atoms with Crippen LogP contribution in [0.1, 0.15) is 15.9 Å². The molecule has 114 valence electrons. The average molecular weight is 493 g/mol. The lowest BCUT2D eigenvalue weighted by molar-refractivity contribution is 0.0955. The van der Waals surface area contributed by atoms with Gasteiger partial charge in [0.2, 0.25) is 0 Å². The Morgan fingerprint density at radius 3 is 2.55 bits per heavy atom. The van der Waals surface area contributed by atoms with Crippen molar-refractivity contribution in [2.75, 3.05) is 0 Å². The van der Waals surface area contributed by atoms with Gasteiger partial charge in [0.15, 0.2) is 0 Å². The number of benzene rings is 2. The predicted molar refractivity (Wildman–Crippen MR) is 94.4 cm³/mol. The number of phenols is 2. The smallest absolute Gasteiger partial charge is 0.271 e. The van der Waals surface area contributed by atoms with Crippen molar-refractivity contribution in [2.45, 2.75) is 0 Å². The van der Waals surface area contributed by atoms with Crippen LogP contribution in [-0.2, 0) is 0 Å². The second-order valence-corrected chi connectivity index (χ2v) is 6.73. The molecule has 5 nitrogen and oxygen atoms in total. The van der Waals surface area contributed by atoms with Crippen LogP contribution < -0.4 is 5.43 Å². The van der Waals surface area contributed by atoms with Crippen LogP contribution in [0.25, 0.3) is 0 Å². The quantitative estimate of drug-likeness (QED) is 0.445. The number of carbonyl (C=O) groups is 1. The second kappa shape index (κ2) is 7.26. The first-order valence-electron chi connectivity index (χ1n) is 5.89. The lowest BCUT2D eigenvalue weighted by Crippen LogP contribution is -2.17. The van der Waals surface area contributed by atoms with Gasteiger partial charge in [-0.15, -0.1) is 0 Å². The normalized spacial score (nSPS) is 10.9. The summed E-state index contributed by atoms with van der Waals surface area (Å²) in [5.74, 6) is -0.678. The third-order valence-electron chi connectivity index (χ3n) is 2.65. The fourth-order valence-electron chi connectivity index (χ4n) is 1.57. The first kappa shape index (κ1) is 17.0. The molecule has 2 rings (SSSR count). The highest BCUT2D eigenvalue weighted by atomic mass is 79.9. The predicted octanol–water partition coefficient (Wildman–Crippen LogP) is 4.15. The van der Waals surface area contributed by atoms with E-state index in [1.807, 2.05) is 6.07 Å². The summed E-state index contributed by atoms with van der Waals surface area (Å²) in [5, 5.41) is 23.3. The summed E-state index contributed by atoms with van der Waals surface area (Å²) in [6.07, 6.45) is 1.28. The molecule has 2 aromatic carbocycles. The average Bonchev–Trinajstić information content (AvgIpc) is 2.50. The van der Waals surface area contributed by atoms with Crippen molar-refractivity contribution in [3.05, 3.63) is 54.9 Å². The van der Waals surface area contributed by atoms with Crippen LogP contribution >= 0.6 is 47.8 Å². The summed E-state index contributed by atoms with van der Waals surface area (Å²) in [5.41, 5.74) is 3.13. The van der Waals surface area contributed by atoms with E-state index < -0.39 is 0 Å². The molecule has 0 saturated heterocycles. The monoisotopic (exact) mass is 490 g/mol. The molecule has 1 amide bonds. The third kappa shape index (κ3) is 3.88. The lowest BCUT2D eigenvalue weighted by Gasteiger charge is -2.06. The minimum Gasteiger partial charge on any atom is -0.506 e. The molecule has 0 saturated carbocycles. The Balaban J connectivity index is 2.15. The van der Waals surface area contributed by atoms with Crippen LogP contribution in [0.3, 0.4) is 0 Å². The molecule has 0 heterocycles. The SMILES string of the molecule is O=C(N/N=C\c1cc(Br)c(O)c(Br)c1O)c1cccc(Br)c1. The lowest BCUT2D eigenvalue weighted by atomic mass is 10.2. The number of amides is 1. The summed E-state index contributed by atoms with van der Waals surface area (Å²) < 4.78 is 1.31. The zero-order chi connectivity index (χ0) is 16.3. The Labute approximate surface area is 151 Å².